The van der Waals surface area contributed by atoms with Gasteiger partial charge in [0.15, 0.2) is 0 Å². The van der Waals surface area contributed by atoms with Gasteiger partial charge in [0.1, 0.15) is 18.2 Å². The first-order valence-corrected chi connectivity index (χ1v) is 14.1. The Balaban J connectivity index is 1.53. The van der Waals surface area contributed by atoms with Crippen molar-refractivity contribution in [2.24, 2.45) is 11.8 Å². The van der Waals surface area contributed by atoms with Crippen LogP contribution >= 0.6 is 11.8 Å². The Morgan fingerprint density at radius 3 is 2.79 bits per heavy atom. The molecule has 2 aromatic rings. The van der Waals surface area contributed by atoms with E-state index in [1.165, 1.54) is 4.90 Å². The molecular formula is C28H35N5O5S. The highest BCUT2D eigenvalue weighted by Crippen LogP contribution is 2.71. The number of amides is 2. The second-order valence-electron chi connectivity index (χ2n) is 10.8. The Morgan fingerprint density at radius 1 is 1.31 bits per heavy atom. The van der Waals surface area contributed by atoms with Crippen molar-refractivity contribution in [1.29, 1.82) is 0 Å². The molecule has 4 heterocycles. The number of ether oxygens (including phenoxy) is 1. The molecule has 0 radical (unpaired) electrons. The number of rotatable bonds is 11. The molecule has 1 aromatic heterocycles. The quantitative estimate of drug-likeness (QED) is 0.256. The van der Waals surface area contributed by atoms with Crippen molar-refractivity contribution in [2.45, 2.75) is 61.4 Å². The molecule has 6 atom stereocenters. The summed E-state index contributed by atoms with van der Waals surface area (Å²) in [7, 11) is 0. The molecule has 11 heteroatoms. The van der Waals surface area contributed by atoms with Gasteiger partial charge in [-0.3, -0.25) is 14.4 Å². The highest BCUT2D eigenvalue weighted by Gasteiger charge is 2.78. The normalized spacial score (nSPS) is 29.9. The molecule has 10 nitrogen and oxygen atoms in total. The minimum atomic E-state index is -0.857. The van der Waals surface area contributed by atoms with Crippen LogP contribution in [0.3, 0.4) is 0 Å². The van der Waals surface area contributed by atoms with Gasteiger partial charge in [0.2, 0.25) is 11.8 Å². The number of hydrogen-bond donors (Lipinski definition) is 1. The second-order valence-corrected chi connectivity index (χ2v) is 12.7. The smallest absolute Gasteiger partial charge is 0.311 e. The number of para-hydroxylation sites is 1. The van der Waals surface area contributed by atoms with Gasteiger partial charge in [-0.2, -0.15) is 0 Å². The molecule has 3 aliphatic rings. The lowest BCUT2D eigenvalue weighted by Crippen LogP contribution is -2.57. The fourth-order valence-corrected chi connectivity index (χ4v) is 8.95. The summed E-state index contributed by atoms with van der Waals surface area (Å²) in [6, 6.07) is 6.04. The highest BCUT2D eigenvalue weighted by atomic mass is 32.2. The average molecular weight is 554 g/mol. The fraction of sp³-hybridized carbons (Fsp3) is 0.536. The van der Waals surface area contributed by atoms with E-state index in [2.05, 4.69) is 23.5 Å². The standard InChI is InChI=1S/C28H35N5O5S/c1-5-7-15-38-26(37)22-21-24(35)33(18(3)16-34)23(28(21)13-12-27(22,4)39-28)25(36)31(14-6-2)17-32-20-11-9-8-10-19(20)29-30-32/h5-6,8-11,18,21-23,34H,1-2,7,12-17H2,3-4H3/t18-,21+,22+,23?,27-,28?/m1/s1. The number of thioether (sulfide) groups is 1. The Morgan fingerprint density at radius 2 is 2.08 bits per heavy atom. The number of aromatic nitrogens is 3. The molecule has 1 N–H and O–H groups in total. The number of carbonyl (C=O) groups excluding carboxylic acids is 3. The van der Waals surface area contributed by atoms with Crippen LogP contribution in [0.4, 0.5) is 0 Å². The van der Waals surface area contributed by atoms with E-state index in [1.807, 2.05) is 31.2 Å². The van der Waals surface area contributed by atoms with Gasteiger partial charge in [-0.05, 0) is 45.2 Å². The van der Waals surface area contributed by atoms with Crippen LogP contribution in [0, 0.1) is 11.8 Å². The van der Waals surface area contributed by atoms with Crippen LogP contribution in [0.1, 0.15) is 33.1 Å². The van der Waals surface area contributed by atoms with Crippen LogP contribution in [-0.4, -0.2) is 89.0 Å². The van der Waals surface area contributed by atoms with Crippen LogP contribution < -0.4 is 0 Å². The summed E-state index contributed by atoms with van der Waals surface area (Å²) < 4.78 is 5.91. The lowest BCUT2D eigenvalue weighted by molar-refractivity contribution is -0.156. The van der Waals surface area contributed by atoms with Crippen molar-refractivity contribution in [3.8, 4) is 0 Å². The van der Waals surface area contributed by atoms with Crippen molar-refractivity contribution in [1.82, 2.24) is 24.8 Å². The summed E-state index contributed by atoms with van der Waals surface area (Å²) in [5, 5.41) is 18.6. The van der Waals surface area contributed by atoms with Crippen molar-refractivity contribution in [3.05, 3.63) is 49.6 Å². The predicted octanol–water partition coefficient (Wildman–Crippen LogP) is 2.38. The van der Waals surface area contributed by atoms with Gasteiger partial charge >= 0.3 is 5.97 Å². The van der Waals surface area contributed by atoms with Crippen LogP contribution in [0.15, 0.2) is 49.6 Å². The molecule has 3 fully saturated rings. The Kier molecular flexibility index (Phi) is 7.32. The highest BCUT2D eigenvalue weighted by molar-refractivity contribution is 8.02. The van der Waals surface area contributed by atoms with Crippen LogP contribution in [0.25, 0.3) is 11.0 Å². The maximum atomic E-state index is 14.5. The number of benzene rings is 1. The molecule has 2 amide bonds. The van der Waals surface area contributed by atoms with Crippen molar-refractivity contribution in [3.63, 3.8) is 0 Å². The summed E-state index contributed by atoms with van der Waals surface area (Å²) in [6.45, 7) is 11.5. The molecule has 0 saturated carbocycles. The fourth-order valence-electron chi connectivity index (χ4n) is 6.63. The number of nitrogens with zero attached hydrogens (tertiary/aromatic N) is 5. The third-order valence-electron chi connectivity index (χ3n) is 8.39. The van der Waals surface area contributed by atoms with E-state index >= 15 is 0 Å². The molecule has 1 aromatic carbocycles. The summed E-state index contributed by atoms with van der Waals surface area (Å²) in [4.78, 5) is 45.1. The molecule has 2 bridgehead atoms. The molecule has 3 saturated heterocycles. The number of esters is 1. The van der Waals surface area contributed by atoms with Crippen LogP contribution in [0.2, 0.25) is 0 Å². The maximum absolute atomic E-state index is 14.5. The first-order chi connectivity index (χ1) is 18.7. The maximum Gasteiger partial charge on any atom is 0.311 e. The van der Waals surface area contributed by atoms with Gasteiger partial charge in [-0.15, -0.1) is 30.0 Å². The van der Waals surface area contributed by atoms with Gasteiger partial charge in [-0.25, -0.2) is 4.68 Å². The van der Waals surface area contributed by atoms with Gasteiger partial charge < -0.3 is 19.6 Å². The Bertz CT molecular complexity index is 1310. The number of carbonyl (C=O) groups is 3. The summed E-state index contributed by atoms with van der Waals surface area (Å²) in [6.07, 6.45) is 5.14. The molecule has 208 valence electrons. The number of hydrogen-bond acceptors (Lipinski definition) is 8. The number of fused-ring (bicyclic) bond motifs is 2. The van der Waals surface area contributed by atoms with Gasteiger partial charge in [0, 0.05) is 11.3 Å². The van der Waals surface area contributed by atoms with Crippen molar-refractivity contribution in [2.75, 3.05) is 19.8 Å². The van der Waals surface area contributed by atoms with Crippen LogP contribution in [0.5, 0.6) is 0 Å². The van der Waals surface area contributed by atoms with Crippen molar-refractivity contribution < 1.29 is 24.2 Å². The van der Waals surface area contributed by atoms with Crippen LogP contribution in [-0.2, 0) is 25.8 Å². The van der Waals surface area contributed by atoms with Crippen molar-refractivity contribution >= 4 is 40.6 Å². The number of aliphatic hydroxyl groups excluding tert-OH is 1. The molecule has 2 unspecified atom stereocenters. The lowest BCUT2D eigenvalue weighted by Gasteiger charge is -2.38. The van der Waals surface area contributed by atoms with Gasteiger partial charge in [0.25, 0.3) is 0 Å². The zero-order valence-electron chi connectivity index (χ0n) is 22.4. The minimum Gasteiger partial charge on any atom is -0.465 e. The Hall–Kier alpha value is -3.18. The van der Waals surface area contributed by atoms with E-state index in [4.69, 9.17) is 4.74 Å². The lowest BCUT2D eigenvalue weighted by atomic mass is 9.66. The summed E-state index contributed by atoms with van der Waals surface area (Å²) in [5.74, 6) is -2.33. The largest absolute Gasteiger partial charge is 0.465 e. The van der Waals surface area contributed by atoms with E-state index in [9.17, 15) is 19.5 Å². The third kappa shape index (κ3) is 4.26. The molecule has 1 spiro atoms. The third-order valence-corrected chi connectivity index (χ3v) is 10.4. The summed E-state index contributed by atoms with van der Waals surface area (Å²) in [5.41, 5.74) is 1.49. The zero-order valence-corrected chi connectivity index (χ0v) is 23.2. The average Bonchev–Trinajstić information content (AvgIpc) is 3.63. The molecule has 39 heavy (non-hydrogen) atoms. The predicted molar refractivity (Wildman–Crippen MR) is 147 cm³/mol. The number of aliphatic hydroxyl groups is 1. The molecule has 5 rings (SSSR count). The van der Waals surface area contributed by atoms with E-state index in [-0.39, 0.29) is 38.2 Å². The summed E-state index contributed by atoms with van der Waals surface area (Å²) >= 11 is 1.57. The minimum absolute atomic E-state index is 0.118. The molecular weight excluding hydrogens is 518 g/mol. The van der Waals surface area contributed by atoms with E-state index in [1.54, 1.807) is 40.4 Å². The van der Waals surface area contributed by atoms with E-state index < -0.39 is 39.4 Å². The molecule has 0 aliphatic carbocycles. The monoisotopic (exact) mass is 553 g/mol. The second kappa shape index (κ2) is 10.4. The first-order valence-electron chi connectivity index (χ1n) is 13.3. The van der Waals surface area contributed by atoms with E-state index in [0.29, 0.717) is 24.8 Å². The molecule has 3 aliphatic heterocycles. The van der Waals surface area contributed by atoms with Gasteiger partial charge in [-0.1, -0.05) is 29.5 Å². The van der Waals surface area contributed by atoms with E-state index in [0.717, 1.165) is 5.52 Å². The topological polar surface area (TPSA) is 118 Å². The number of likely N-dealkylation sites (tertiary alicyclic amines) is 1. The SMILES string of the molecule is C=CCCOC(=O)[C@@H]1[C@H]2C(=O)N([C@H](C)CO)C(C(=O)N(CC=C)Cn3nnc4ccccc43)C23CC[C@@]1(C)S3. The van der Waals surface area contributed by atoms with Gasteiger partial charge in [0.05, 0.1) is 41.4 Å². The first kappa shape index (κ1) is 27.4. The zero-order chi connectivity index (χ0) is 27.9. The Labute approximate surface area is 232 Å².